The van der Waals surface area contributed by atoms with E-state index in [0.717, 1.165) is 36.4 Å². The smallest absolute Gasteiger partial charge is 0.308 e. The monoisotopic (exact) mass is 494 g/mol. The van der Waals surface area contributed by atoms with Crippen molar-refractivity contribution in [2.24, 2.45) is 0 Å². The molecule has 3 heterocycles. The first-order chi connectivity index (χ1) is 16.4. The van der Waals surface area contributed by atoms with Crippen molar-refractivity contribution < 1.29 is 0 Å². The van der Waals surface area contributed by atoms with Gasteiger partial charge in [0.1, 0.15) is 4.83 Å². The molecule has 0 unspecified atom stereocenters. The molecule has 0 N–H and O–H groups in total. The van der Waals surface area contributed by atoms with Crippen molar-refractivity contribution in [3.8, 4) is 5.69 Å². The van der Waals surface area contributed by atoms with E-state index < -0.39 is 0 Å². The van der Waals surface area contributed by atoms with Crippen LogP contribution in [-0.2, 0) is 26.1 Å². The van der Waals surface area contributed by atoms with Gasteiger partial charge in [-0.15, -0.1) is 11.3 Å². The van der Waals surface area contributed by atoms with Crippen LogP contribution in [0.5, 0.6) is 0 Å². The highest BCUT2D eigenvalue weighted by molar-refractivity contribution is 7.18. The summed E-state index contributed by atoms with van der Waals surface area (Å²) in [6.07, 6.45) is 0.796. The molecule has 0 atom stereocenters. The second-order valence-corrected chi connectivity index (χ2v) is 10.5. The van der Waals surface area contributed by atoms with Crippen molar-refractivity contribution in [1.29, 1.82) is 0 Å². The average Bonchev–Trinajstić information content (AvgIpc) is 3.19. The summed E-state index contributed by atoms with van der Waals surface area (Å²) in [6, 6.07) is 17.3. The summed E-state index contributed by atoms with van der Waals surface area (Å²) in [5.74, 6) is 0. The summed E-state index contributed by atoms with van der Waals surface area (Å²) in [5, 5.41) is 1.25. The Bertz CT molecular complexity index is 1440. The van der Waals surface area contributed by atoms with Crippen LogP contribution in [0.1, 0.15) is 16.0 Å². The molecule has 5 rings (SSSR count). The van der Waals surface area contributed by atoms with Gasteiger partial charge in [-0.3, -0.25) is 14.3 Å². The molecule has 0 fully saturated rings. The van der Waals surface area contributed by atoms with Gasteiger partial charge in [-0.05, 0) is 55.9 Å². The average molecular weight is 495 g/mol. The Morgan fingerprint density at radius 3 is 2.47 bits per heavy atom. The minimum Gasteiger partial charge on any atom is -0.308 e. The first-order valence-electron chi connectivity index (χ1n) is 11.4. The quantitative estimate of drug-likeness (QED) is 0.407. The lowest BCUT2D eigenvalue weighted by Crippen LogP contribution is -2.40. The number of fused-ring (bicyclic) bond motifs is 3. The fourth-order valence-corrected chi connectivity index (χ4v) is 6.08. The SMILES string of the molecule is CN(C)CCn1c(=O)n(-c2ccc(Cl)cc2)c(=O)c2c3c(sc21)CN(Cc1ccccc1)CC3. The first kappa shape index (κ1) is 23.1. The molecule has 2 aromatic heterocycles. The summed E-state index contributed by atoms with van der Waals surface area (Å²) in [6.45, 7) is 3.76. The Labute approximate surface area is 207 Å². The molecular formula is C26H27ClN4O2S. The van der Waals surface area contributed by atoms with E-state index in [2.05, 4.69) is 29.2 Å². The molecule has 1 aliphatic heterocycles. The molecule has 8 heteroatoms. The van der Waals surface area contributed by atoms with E-state index in [0.29, 0.717) is 29.2 Å². The predicted octanol–water partition coefficient (Wildman–Crippen LogP) is 3.99. The topological polar surface area (TPSA) is 50.5 Å². The van der Waals surface area contributed by atoms with E-state index in [4.69, 9.17) is 11.6 Å². The minimum absolute atomic E-state index is 0.238. The largest absolute Gasteiger partial charge is 0.336 e. The molecule has 0 amide bonds. The van der Waals surface area contributed by atoms with Crippen molar-refractivity contribution in [3.05, 3.63) is 96.5 Å². The van der Waals surface area contributed by atoms with Crippen LogP contribution >= 0.6 is 22.9 Å². The maximum atomic E-state index is 13.7. The van der Waals surface area contributed by atoms with Crippen molar-refractivity contribution in [1.82, 2.24) is 18.9 Å². The fraction of sp³-hybridized carbons (Fsp3) is 0.308. The molecule has 34 heavy (non-hydrogen) atoms. The van der Waals surface area contributed by atoms with Crippen molar-refractivity contribution in [2.75, 3.05) is 27.2 Å². The summed E-state index contributed by atoms with van der Waals surface area (Å²) < 4.78 is 3.08. The van der Waals surface area contributed by atoms with Crippen LogP contribution in [-0.4, -0.2) is 46.1 Å². The molecule has 0 spiro atoms. The molecule has 2 aromatic carbocycles. The third-order valence-corrected chi connectivity index (χ3v) is 7.80. The normalized spacial score (nSPS) is 14.1. The van der Waals surface area contributed by atoms with E-state index in [-0.39, 0.29) is 11.2 Å². The van der Waals surface area contributed by atoms with Gasteiger partial charge < -0.3 is 4.90 Å². The molecule has 0 radical (unpaired) electrons. The van der Waals surface area contributed by atoms with E-state index in [1.165, 1.54) is 15.0 Å². The molecule has 176 valence electrons. The fourth-order valence-electron chi connectivity index (χ4n) is 4.55. The molecule has 0 bridgehead atoms. The van der Waals surface area contributed by atoms with Crippen molar-refractivity contribution in [2.45, 2.75) is 26.1 Å². The van der Waals surface area contributed by atoms with Gasteiger partial charge in [-0.25, -0.2) is 9.36 Å². The molecule has 0 aliphatic carbocycles. The van der Waals surface area contributed by atoms with E-state index >= 15 is 0 Å². The number of aromatic nitrogens is 2. The highest BCUT2D eigenvalue weighted by Gasteiger charge is 2.26. The first-order valence-corrected chi connectivity index (χ1v) is 12.6. The standard InChI is InChI=1S/C26H27ClN4O2S/c1-28(2)14-15-30-25-23(24(32)31(26(30)33)20-10-8-19(27)9-11-20)21-12-13-29(17-22(21)34-25)16-18-6-4-3-5-7-18/h3-11H,12-17H2,1-2H3. The molecule has 0 saturated heterocycles. The maximum absolute atomic E-state index is 13.7. The highest BCUT2D eigenvalue weighted by atomic mass is 35.5. The van der Waals surface area contributed by atoms with E-state index in [9.17, 15) is 9.59 Å². The zero-order valence-electron chi connectivity index (χ0n) is 19.3. The van der Waals surface area contributed by atoms with Gasteiger partial charge in [0.2, 0.25) is 0 Å². The Balaban J connectivity index is 1.63. The lowest BCUT2D eigenvalue weighted by molar-refractivity contribution is 0.249. The van der Waals surface area contributed by atoms with E-state index in [1.807, 2.05) is 25.1 Å². The van der Waals surface area contributed by atoms with Crippen LogP contribution in [0.3, 0.4) is 0 Å². The van der Waals surface area contributed by atoms with Crippen LogP contribution in [0, 0.1) is 0 Å². The number of halogens is 1. The third-order valence-electron chi connectivity index (χ3n) is 6.31. The van der Waals surface area contributed by atoms with Gasteiger partial charge in [0.15, 0.2) is 0 Å². The lowest BCUT2D eigenvalue weighted by atomic mass is 10.0. The van der Waals surface area contributed by atoms with E-state index in [1.54, 1.807) is 40.2 Å². The number of likely N-dealkylation sites (N-methyl/N-ethyl adjacent to an activating group) is 1. The Morgan fingerprint density at radius 2 is 1.76 bits per heavy atom. The van der Waals surface area contributed by atoms with Gasteiger partial charge in [-0.1, -0.05) is 41.9 Å². The summed E-state index contributed by atoms with van der Waals surface area (Å²) in [7, 11) is 3.97. The molecule has 1 aliphatic rings. The van der Waals surface area contributed by atoms with Crippen LogP contribution in [0.4, 0.5) is 0 Å². The Hall–Kier alpha value is -2.71. The molecule has 6 nitrogen and oxygen atoms in total. The molecule has 4 aromatic rings. The van der Waals surface area contributed by atoms with Gasteiger partial charge in [0.05, 0.1) is 11.1 Å². The summed E-state index contributed by atoms with van der Waals surface area (Å²) in [5.41, 5.74) is 2.37. The minimum atomic E-state index is -0.304. The third kappa shape index (κ3) is 4.36. The zero-order valence-corrected chi connectivity index (χ0v) is 20.9. The van der Waals surface area contributed by atoms with Crippen LogP contribution in [0.2, 0.25) is 5.02 Å². The van der Waals surface area contributed by atoms with Gasteiger partial charge in [-0.2, -0.15) is 0 Å². The van der Waals surface area contributed by atoms with Gasteiger partial charge in [0, 0.05) is 42.6 Å². The lowest BCUT2D eigenvalue weighted by Gasteiger charge is -2.26. The number of benzene rings is 2. The Morgan fingerprint density at radius 1 is 1.03 bits per heavy atom. The number of hydrogen-bond acceptors (Lipinski definition) is 5. The van der Waals surface area contributed by atoms with Crippen LogP contribution < -0.4 is 11.2 Å². The number of nitrogens with zero attached hydrogens (tertiary/aromatic N) is 4. The number of hydrogen-bond donors (Lipinski definition) is 0. The zero-order chi connectivity index (χ0) is 23.8. The summed E-state index contributed by atoms with van der Waals surface area (Å²) >= 11 is 7.65. The Kier molecular flexibility index (Phi) is 6.44. The molecular weight excluding hydrogens is 468 g/mol. The second-order valence-electron chi connectivity index (χ2n) is 8.98. The second kappa shape index (κ2) is 9.50. The van der Waals surface area contributed by atoms with Crippen LogP contribution in [0.25, 0.3) is 15.9 Å². The molecule has 0 saturated carbocycles. The van der Waals surface area contributed by atoms with Gasteiger partial charge in [0.25, 0.3) is 5.56 Å². The highest BCUT2D eigenvalue weighted by Crippen LogP contribution is 2.33. The number of rotatable bonds is 6. The van der Waals surface area contributed by atoms with Gasteiger partial charge >= 0.3 is 5.69 Å². The number of thiophene rings is 1. The summed E-state index contributed by atoms with van der Waals surface area (Å²) in [4.78, 5) is 33.7. The van der Waals surface area contributed by atoms with Crippen molar-refractivity contribution >= 4 is 33.2 Å². The van der Waals surface area contributed by atoms with Crippen LogP contribution in [0.15, 0.2) is 64.2 Å². The van der Waals surface area contributed by atoms with Crippen molar-refractivity contribution in [3.63, 3.8) is 0 Å². The predicted molar refractivity (Wildman–Crippen MR) is 140 cm³/mol. The maximum Gasteiger partial charge on any atom is 0.336 e.